The van der Waals surface area contributed by atoms with Gasteiger partial charge in [0.05, 0.1) is 7.11 Å². The molecular weight excluding hydrogens is 232 g/mol. The summed E-state index contributed by atoms with van der Waals surface area (Å²) in [4.78, 5) is 2.05. The summed E-state index contributed by atoms with van der Waals surface area (Å²) in [6, 6.07) is 8.63. The molecule has 1 aromatic carbocycles. The number of methoxy groups -OCH3 is 1. The normalized spacial score (nSPS) is 14.2. The Balaban J connectivity index is 1.96. The molecule has 0 amide bonds. The molecule has 1 aliphatic carbocycles. The molecule has 0 radical (unpaired) electrons. The van der Waals surface area contributed by atoms with Gasteiger partial charge in [-0.15, -0.1) is 0 Å². The molecule has 0 bridgehead atoms. The van der Waals surface area contributed by atoms with E-state index in [9.17, 15) is 0 Å². The summed E-state index contributed by atoms with van der Waals surface area (Å²) in [5, 5.41) is 4.15. The number of rotatable bonds is 4. The predicted molar refractivity (Wildman–Crippen MR) is 73.2 cm³/mol. The molecule has 0 heterocycles. The van der Waals surface area contributed by atoms with E-state index in [0.717, 1.165) is 23.0 Å². The van der Waals surface area contributed by atoms with E-state index in [1.807, 2.05) is 30.1 Å². The smallest absolute Gasteiger partial charge is 0.169 e. The van der Waals surface area contributed by atoms with E-state index >= 15 is 0 Å². The third kappa shape index (κ3) is 3.33. The van der Waals surface area contributed by atoms with Crippen molar-refractivity contribution in [2.24, 2.45) is 0 Å². The lowest BCUT2D eigenvalue weighted by atomic mass is 10.2. The number of ether oxygens (including phenoxy) is 1. The van der Waals surface area contributed by atoms with Crippen molar-refractivity contribution in [2.45, 2.75) is 25.4 Å². The minimum atomic E-state index is 0.600. The quantitative estimate of drug-likeness (QED) is 0.828. The van der Waals surface area contributed by atoms with Crippen LogP contribution in [0.15, 0.2) is 24.3 Å². The van der Waals surface area contributed by atoms with Crippen LogP contribution in [0.2, 0.25) is 0 Å². The maximum absolute atomic E-state index is 5.35. The molecule has 0 aliphatic heterocycles. The molecule has 1 aliphatic rings. The van der Waals surface area contributed by atoms with Crippen molar-refractivity contribution < 1.29 is 4.74 Å². The molecule has 1 aromatic rings. The first-order valence-corrected chi connectivity index (χ1v) is 6.25. The number of nitrogens with zero attached hydrogens (tertiary/aromatic N) is 1. The zero-order valence-corrected chi connectivity index (χ0v) is 11.1. The van der Waals surface area contributed by atoms with Gasteiger partial charge in [-0.25, -0.2) is 0 Å². The molecule has 92 valence electrons. The molecule has 2 rings (SSSR count). The number of para-hydroxylation sites is 1. The van der Waals surface area contributed by atoms with Crippen LogP contribution in [0.5, 0.6) is 5.75 Å². The van der Waals surface area contributed by atoms with E-state index in [1.165, 1.54) is 12.8 Å². The first kappa shape index (κ1) is 12.2. The van der Waals surface area contributed by atoms with Gasteiger partial charge in [-0.2, -0.15) is 0 Å². The van der Waals surface area contributed by atoms with Gasteiger partial charge in [-0.05, 0) is 31.1 Å². The zero-order chi connectivity index (χ0) is 12.3. The summed E-state index contributed by atoms with van der Waals surface area (Å²) in [6.07, 6.45) is 2.48. The second kappa shape index (κ2) is 5.36. The highest BCUT2D eigenvalue weighted by Gasteiger charge is 2.23. The highest BCUT2D eigenvalue weighted by Crippen LogP contribution is 2.21. The number of benzene rings is 1. The molecule has 0 saturated heterocycles. The van der Waals surface area contributed by atoms with Crippen molar-refractivity contribution in [3.05, 3.63) is 29.8 Å². The van der Waals surface area contributed by atoms with Crippen molar-refractivity contribution >= 4 is 17.3 Å². The van der Waals surface area contributed by atoms with E-state index in [1.54, 1.807) is 7.11 Å². The van der Waals surface area contributed by atoms with Crippen LogP contribution in [0.4, 0.5) is 0 Å². The fraction of sp³-hybridized carbons (Fsp3) is 0.462. The maximum Gasteiger partial charge on any atom is 0.169 e. The van der Waals surface area contributed by atoms with Gasteiger partial charge < -0.3 is 15.0 Å². The predicted octanol–water partition coefficient (Wildman–Crippen LogP) is 2.16. The molecule has 1 N–H and O–H groups in total. The van der Waals surface area contributed by atoms with Crippen LogP contribution in [-0.2, 0) is 6.54 Å². The third-order valence-corrected chi connectivity index (χ3v) is 3.28. The lowest BCUT2D eigenvalue weighted by molar-refractivity contribution is 0.397. The van der Waals surface area contributed by atoms with E-state index < -0.39 is 0 Å². The fourth-order valence-electron chi connectivity index (χ4n) is 1.67. The molecule has 0 atom stereocenters. The van der Waals surface area contributed by atoms with Gasteiger partial charge in [0.2, 0.25) is 0 Å². The van der Waals surface area contributed by atoms with Gasteiger partial charge in [0.15, 0.2) is 5.11 Å². The van der Waals surface area contributed by atoms with Crippen molar-refractivity contribution in [3.8, 4) is 5.75 Å². The van der Waals surface area contributed by atoms with Crippen LogP contribution in [0.1, 0.15) is 18.4 Å². The molecule has 0 spiro atoms. The third-order valence-electron chi connectivity index (χ3n) is 2.85. The molecule has 1 fully saturated rings. The van der Waals surface area contributed by atoms with E-state index in [-0.39, 0.29) is 0 Å². The van der Waals surface area contributed by atoms with Gasteiger partial charge in [-0.1, -0.05) is 18.2 Å². The molecule has 0 unspecified atom stereocenters. The standard InChI is InChI=1S/C13H18N2OS/c1-15(13(17)14-11-7-8-11)9-10-5-3-4-6-12(10)16-2/h3-6,11H,7-9H2,1-2H3,(H,14,17). The molecule has 4 heteroatoms. The molecule has 17 heavy (non-hydrogen) atoms. The van der Waals surface area contributed by atoms with E-state index in [0.29, 0.717) is 6.04 Å². The van der Waals surface area contributed by atoms with Gasteiger partial charge in [0, 0.05) is 25.2 Å². The van der Waals surface area contributed by atoms with E-state index in [2.05, 4.69) is 11.4 Å². The van der Waals surface area contributed by atoms with Gasteiger partial charge in [0.25, 0.3) is 0 Å². The van der Waals surface area contributed by atoms with Crippen LogP contribution in [0.3, 0.4) is 0 Å². The van der Waals surface area contributed by atoms with Crippen LogP contribution in [0.25, 0.3) is 0 Å². The summed E-state index contributed by atoms with van der Waals surface area (Å²) in [5.74, 6) is 0.911. The number of thiocarbonyl (C=S) groups is 1. The van der Waals surface area contributed by atoms with E-state index in [4.69, 9.17) is 17.0 Å². The molecule has 0 aromatic heterocycles. The SMILES string of the molecule is COc1ccccc1CN(C)C(=S)NC1CC1. The molecule has 3 nitrogen and oxygen atoms in total. The Hall–Kier alpha value is -1.29. The van der Waals surface area contributed by atoms with Crippen molar-refractivity contribution in [1.82, 2.24) is 10.2 Å². The van der Waals surface area contributed by atoms with Crippen molar-refractivity contribution in [3.63, 3.8) is 0 Å². The van der Waals surface area contributed by atoms with Crippen LogP contribution in [0, 0.1) is 0 Å². The Morgan fingerprint density at radius 3 is 2.82 bits per heavy atom. The highest BCUT2D eigenvalue weighted by molar-refractivity contribution is 7.80. The highest BCUT2D eigenvalue weighted by atomic mass is 32.1. The molecule has 1 saturated carbocycles. The largest absolute Gasteiger partial charge is 0.496 e. The van der Waals surface area contributed by atoms with Crippen LogP contribution < -0.4 is 10.1 Å². The molecular formula is C13H18N2OS. The summed E-state index contributed by atoms with van der Waals surface area (Å²) in [6.45, 7) is 0.766. The maximum atomic E-state index is 5.35. The van der Waals surface area contributed by atoms with Gasteiger partial charge >= 0.3 is 0 Å². The number of nitrogens with one attached hydrogen (secondary N) is 1. The first-order chi connectivity index (χ1) is 8.20. The topological polar surface area (TPSA) is 24.5 Å². The summed E-state index contributed by atoms with van der Waals surface area (Å²) in [5.41, 5.74) is 1.15. The number of hydrogen-bond acceptors (Lipinski definition) is 2. The van der Waals surface area contributed by atoms with Crippen LogP contribution in [-0.4, -0.2) is 30.2 Å². The Bertz CT molecular complexity index is 404. The average Bonchev–Trinajstić information content (AvgIpc) is 3.13. The summed E-state index contributed by atoms with van der Waals surface area (Å²) in [7, 11) is 3.70. The summed E-state index contributed by atoms with van der Waals surface area (Å²) < 4.78 is 5.33. The monoisotopic (exact) mass is 250 g/mol. The van der Waals surface area contributed by atoms with Crippen LogP contribution >= 0.6 is 12.2 Å². The Morgan fingerprint density at radius 1 is 1.47 bits per heavy atom. The van der Waals surface area contributed by atoms with Crippen molar-refractivity contribution in [2.75, 3.05) is 14.2 Å². The fourth-order valence-corrected chi connectivity index (χ4v) is 1.90. The average molecular weight is 250 g/mol. The Kier molecular flexibility index (Phi) is 3.84. The second-order valence-corrected chi connectivity index (χ2v) is 4.78. The second-order valence-electron chi connectivity index (χ2n) is 4.39. The van der Waals surface area contributed by atoms with Gasteiger partial charge in [-0.3, -0.25) is 0 Å². The zero-order valence-electron chi connectivity index (χ0n) is 10.3. The minimum Gasteiger partial charge on any atom is -0.496 e. The lowest BCUT2D eigenvalue weighted by Gasteiger charge is -2.22. The minimum absolute atomic E-state index is 0.600. The number of hydrogen-bond donors (Lipinski definition) is 1. The van der Waals surface area contributed by atoms with Crippen molar-refractivity contribution in [1.29, 1.82) is 0 Å². The first-order valence-electron chi connectivity index (χ1n) is 5.84. The Morgan fingerprint density at radius 2 is 2.18 bits per heavy atom. The lowest BCUT2D eigenvalue weighted by Crippen LogP contribution is -2.37. The Labute approximate surface area is 108 Å². The summed E-state index contributed by atoms with van der Waals surface area (Å²) >= 11 is 5.35. The van der Waals surface area contributed by atoms with Gasteiger partial charge in [0.1, 0.15) is 5.75 Å².